The van der Waals surface area contributed by atoms with Crippen LogP contribution in [0.15, 0.2) is 45.8 Å². The van der Waals surface area contributed by atoms with E-state index in [1.165, 1.54) is 29.6 Å². The number of halogens is 2. The average molecular weight is 476 g/mol. The third-order valence-electron chi connectivity index (χ3n) is 3.94. The smallest absolute Gasteiger partial charge is 0.257 e. The minimum absolute atomic E-state index is 0.0719. The summed E-state index contributed by atoms with van der Waals surface area (Å²) in [5.74, 6) is -0.134. The second-order valence-electron chi connectivity index (χ2n) is 5.53. The molecule has 9 heteroatoms. The molecule has 0 fully saturated rings. The molecular formula is C18H20BrClN2O4S. The van der Waals surface area contributed by atoms with Crippen molar-refractivity contribution < 1.29 is 17.9 Å². The van der Waals surface area contributed by atoms with Crippen molar-refractivity contribution in [2.75, 3.05) is 25.5 Å². The normalized spacial score (nSPS) is 11.5. The number of amides is 1. The molecule has 6 nitrogen and oxygen atoms in total. The van der Waals surface area contributed by atoms with Gasteiger partial charge in [-0.05, 0) is 36.4 Å². The summed E-state index contributed by atoms with van der Waals surface area (Å²) in [6.07, 6.45) is 0. The van der Waals surface area contributed by atoms with Gasteiger partial charge in [0.15, 0.2) is 0 Å². The number of benzene rings is 2. The minimum Gasteiger partial charge on any atom is -0.495 e. The van der Waals surface area contributed by atoms with Gasteiger partial charge in [0.1, 0.15) is 5.75 Å². The Morgan fingerprint density at radius 1 is 1.19 bits per heavy atom. The Bertz CT molecular complexity index is 946. The molecule has 1 N–H and O–H groups in total. The highest BCUT2D eigenvalue weighted by Gasteiger charge is 2.23. The largest absolute Gasteiger partial charge is 0.495 e. The van der Waals surface area contributed by atoms with Gasteiger partial charge in [0.25, 0.3) is 5.91 Å². The summed E-state index contributed by atoms with van der Waals surface area (Å²) in [6.45, 7) is 4.23. The van der Waals surface area contributed by atoms with Crippen molar-refractivity contribution in [3.8, 4) is 5.75 Å². The molecule has 0 aliphatic heterocycles. The van der Waals surface area contributed by atoms with Gasteiger partial charge < -0.3 is 10.1 Å². The van der Waals surface area contributed by atoms with E-state index in [0.29, 0.717) is 23.3 Å². The fourth-order valence-electron chi connectivity index (χ4n) is 2.52. The summed E-state index contributed by atoms with van der Waals surface area (Å²) in [6, 6.07) is 9.25. The second-order valence-corrected chi connectivity index (χ2v) is 8.79. The molecule has 0 aliphatic rings. The zero-order valence-corrected chi connectivity index (χ0v) is 18.3. The van der Waals surface area contributed by atoms with Crippen LogP contribution in [0.5, 0.6) is 5.75 Å². The van der Waals surface area contributed by atoms with Crippen molar-refractivity contribution in [2.24, 2.45) is 0 Å². The molecule has 0 heterocycles. The minimum atomic E-state index is -3.67. The first-order valence-electron chi connectivity index (χ1n) is 8.19. The van der Waals surface area contributed by atoms with E-state index in [0.717, 1.165) is 0 Å². The van der Waals surface area contributed by atoms with Crippen LogP contribution >= 0.6 is 27.5 Å². The van der Waals surface area contributed by atoms with Crippen LogP contribution in [-0.2, 0) is 10.0 Å². The highest BCUT2D eigenvalue weighted by atomic mass is 79.9. The third kappa shape index (κ3) is 4.82. The highest BCUT2D eigenvalue weighted by Crippen LogP contribution is 2.30. The number of nitrogens with zero attached hydrogens (tertiary/aromatic N) is 1. The van der Waals surface area contributed by atoms with E-state index >= 15 is 0 Å². The number of anilines is 1. The van der Waals surface area contributed by atoms with E-state index in [1.54, 1.807) is 32.0 Å². The zero-order valence-electron chi connectivity index (χ0n) is 15.1. The number of hydrogen-bond donors (Lipinski definition) is 1. The van der Waals surface area contributed by atoms with Crippen molar-refractivity contribution in [3.63, 3.8) is 0 Å². The first-order valence-corrected chi connectivity index (χ1v) is 10.8. The molecule has 0 spiro atoms. The number of sulfonamides is 1. The number of carbonyl (C=O) groups excluding carboxylic acids is 1. The fraction of sp³-hybridized carbons (Fsp3) is 0.278. The average Bonchev–Trinajstić information content (AvgIpc) is 2.64. The molecule has 27 heavy (non-hydrogen) atoms. The zero-order chi connectivity index (χ0) is 20.2. The summed E-state index contributed by atoms with van der Waals surface area (Å²) in [5.41, 5.74) is 0.497. The lowest BCUT2D eigenvalue weighted by atomic mass is 10.2. The lowest BCUT2D eigenvalue weighted by Gasteiger charge is -2.19. The monoisotopic (exact) mass is 474 g/mol. The van der Waals surface area contributed by atoms with Gasteiger partial charge in [-0.15, -0.1) is 0 Å². The van der Waals surface area contributed by atoms with Crippen LogP contribution in [0.3, 0.4) is 0 Å². The Morgan fingerprint density at radius 3 is 2.44 bits per heavy atom. The number of carbonyl (C=O) groups is 1. The molecule has 0 bridgehead atoms. The molecule has 2 aromatic rings. The van der Waals surface area contributed by atoms with Crippen LogP contribution in [0.1, 0.15) is 24.2 Å². The summed E-state index contributed by atoms with van der Waals surface area (Å²) < 4.78 is 32.8. The van der Waals surface area contributed by atoms with E-state index in [2.05, 4.69) is 21.2 Å². The van der Waals surface area contributed by atoms with Gasteiger partial charge in [0, 0.05) is 17.6 Å². The lowest BCUT2D eigenvalue weighted by molar-refractivity contribution is 0.102. The molecule has 146 valence electrons. The maximum Gasteiger partial charge on any atom is 0.257 e. The molecule has 0 atom stereocenters. The summed E-state index contributed by atoms with van der Waals surface area (Å²) >= 11 is 9.40. The fourth-order valence-corrected chi connectivity index (χ4v) is 4.57. The van der Waals surface area contributed by atoms with Gasteiger partial charge in [0.05, 0.1) is 28.3 Å². The first kappa shape index (κ1) is 21.7. The Hall–Kier alpha value is -1.61. The summed E-state index contributed by atoms with van der Waals surface area (Å²) in [4.78, 5) is 12.7. The van der Waals surface area contributed by atoms with Crippen LogP contribution in [0, 0.1) is 0 Å². The van der Waals surface area contributed by atoms with Gasteiger partial charge in [-0.1, -0.05) is 41.4 Å². The summed E-state index contributed by atoms with van der Waals surface area (Å²) in [5, 5.41) is 2.96. The quantitative estimate of drug-likeness (QED) is 0.644. The van der Waals surface area contributed by atoms with Crippen LogP contribution < -0.4 is 10.1 Å². The number of methoxy groups -OCH3 is 1. The van der Waals surface area contributed by atoms with Crippen molar-refractivity contribution in [1.82, 2.24) is 4.31 Å². The summed E-state index contributed by atoms with van der Waals surface area (Å²) in [7, 11) is -2.23. The number of rotatable bonds is 7. The molecule has 0 unspecified atom stereocenters. The Morgan fingerprint density at radius 2 is 1.85 bits per heavy atom. The standard InChI is InChI=1S/C18H20BrClN2O4S/c1-4-22(5-2)27(24,25)13-7-9-17(26-3)16(11-13)21-18(23)14-10-12(19)6-8-15(14)20/h6-11H,4-5H2,1-3H3,(H,21,23). The van der Waals surface area contributed by atoms with E-state index in [9.17, 15) is 13.2 Å². The Labute approximate surface area is 172 Å². The molecule has 0 radical (unpaired) electrons. The van der Waals surface area contributed by atoms with E-state index in [4.69, 9.17) is 16.3 Å². The predicted octanol–water partition coefficient (Wildman–Crippen LogP) is 4.39. The molecule has 0 saturated heterocycles. The third-order valence-corrected chi connectivity index (χ3v) is 6.80. The highest BCUT2D eigenvalue weighted by molar-refractivity contribution is 9.10. The van der Waals surface area contributed by atoms with Crippen molar-refractivity contribution >= 4 is 49.1 Å². The SMILES string of the molecule is CCN(CC)S(=O)(=O)c1ccc(OC)c(NC(=O)c2cc(Br)ccc2Cl)c1. The Balaban J connectivity index is 2.44. The van der Waals surface area contributed by atoms with Crippen molar-refractivity contribution in [2.45, 2.75) is 18.7 Å². The van der Waals surface area contributed by atoms with Crippen molar-refractivity contribution in [1.29, 1.82) is 0 Å². The molecule has 0 aromatic heterocycles. The van der Waals surface area contributed by atoms with E-state index in [1.807, 2.05) is 0 Å². The van der Waals surface area contributed by atoms with Crippen LogP contribution in [0.4, 0.5) is 5.69 Å². The molecular weight excluding hydrogens is 456 g/mol. The van der Waals surface area contributed by atoms with Gasteiger partial charge in [-0.3, -0.25) is 4.79 Å². The van der Waals surface area contributed by atoms with Gasteiger partial charge in [-0.2, -0.15) is 4.31 Å². The molecule has 0 aliphatic carbocycles. The number of ether oxygens (including phenoxy) is 1. The number of hydrogen-bond acceptors (Lipinski definition) is 4. The lowest BCUT2D eigenvalue weighted by Crippen LogP contribution is -2.30. The van der Waals surface area contributed by atoms with Crippen LogP contribution in [0.25, 0.3) is 0 Å². The molecule has 1 amide bonds. The van der Waals surface area contributed by atoms with Gasteiger partial charge >= 0.3 is 0 Å². The van der Waals surface area contributed by atoms with E-state index < -0.39 is 15.9 Å². The molecule has 2 aromatic carbocycles. The second kappa shape index (κ2) is 9.05. The van der Waals surface area contributed by atoms with Gasteiger partial charge in [0.2, 0.25) is 10.0 Å². The van der Waals surface area contributed by atoms with Crippen molar-refractivity contribution in [3.05, 3.63) is 51.5 Å². The molecule has 2 rings (SSSR count). The number of nitrogens with one attached hydrogen (secondary N) is 1. The maximum absolute atomic E-state index is 12.7. The molecule has 0 saturated carbocycles. The predicted molar refractivity (Wildman–Crippen MR) is 110 cm³/mol. The maximum atomic E-state index is 12.7. The topological polar surface area (TPSA) is 75.7 Å². The Kier molecular flexibility index (Phi) is 7.27. The van der Waals surface area contributed by atoms with Gasteiger partial charge in [-0.25, -0.2) is 8.42 Å². The first-order chi connectivity index (χ1) is 12.7. The van der Waals surface area contributed by atoms with Crippen LogP contribution in [0.2, 0.25) is 5.02 Å². The van der Waals surface area contributed by atoms with E-state index in [-0.39, 0.29) is 21.2 Å². The van der Waals surface area contributed by atoms with Crippen LogP contribution in [-0.4, -0.2) is 38.8 Å².